The van der Waals surface area contributed by atoms with Gasteiger partial charge in [0.1, 0.15) is 19.8 Å². The van der Waals surface area contributed by atoms with Crippen LogP contribution in [0, 0.1) is 0 Å². The second-order valence-electron chi connectivity index (χ2n) is 25.9. The van der Waals surface area contributed by atoms with Crippen molar-refractivity contribution in [1.29, 1.82) is 0 Å². The van der Waals surface area contributed by atoms with Gasteiger partial charge in [0.25, 0.3) is 0 Å². The molecule has 518 valence electrons. The summed E-state index contributed by atoms with van der Waals surface area (Å²) in [6, 6.07) is 0. The van der Waals surface area contributed by atoms with Crippen LogP contribution in [0.2, 0.25) is 0 Å². The van der Waals surface area contributed by atoms with Crippen LogP contribution < -0.4 is 0 Å². The minimum absolute atomic E-state index is 0.0157. The van der Waals surface area contributed by atoms with Crippen LogP contribution in [0.1, 0.15) is 322 Å². The maximum absolute atomic E-state index is 12.9. The van der Waals surface area contributed by atoms with Crippen molar-refractivity contribution in [3.05, 3.63) is 122 Å². The normalized spacial score (nSPS) is 13.8. The molecule has 0 saturated heterocycles. The van der Waals surface area contributed by atoms with Crippen LogP contribution >= 0.6 is 7.82 Å². The Labute approximate surface area is 556 Å². The summed E-state index contributed by atoms with van der Waals surface area (Å²) in [6.45, 7) is 4.28. The number of rotatable bonds is 68. The molecule has 1 N–H and O–H groups in total. The largest absolute Gasteiger partial charge is 0.472 e. The Morgan fingerprint density at radius 2 is 0.644 bits per heavy atom. The first kappa shape index (κ1) is 86.4. The first-order valence-electron chi connectivity index (χ1n) is 37.3. The number of hydrogen-bond acceptors (Lipinski definition) is 7. The summed E-state index contributed by atoms with van der Waals surface area (Å²) in [5, 5.41) is 0. The van der Waals surface area contributed by atoms with Crippen LogP contribution in [0.3, 0.4) is 0 Å². The molecule has 0 aliphatic carbocycles. The molecular formula is C80H141NO8P+. The van der Waals surface area contributed by atoms with Crippen molar-refractivity contribution in [2.75, 3.05) is 47.5 Å². The molecule has 0 heterocycles. The van der Waals surface area contributed by atoms with Gasteiger partial charge in [-0.25, -0.2) is 4.57 Å². The molecular weight excluding hydrogens is 1130 g/mol. The van der Waals surface area contributed by atoms with Gasteiger partial charge in [0, 0.05) is 12.8 Å². The highest BCUT2D eigenvalue weighted by atomic mass is 31.2. The zero-order valence-electron chi connectivity index (χ0n) is 59.1. The number of likely N-dealkylation sites (N-methyl/N-ethyl adjacent to an activating group) is 1. The first-order valence-corrected chi connectivity index (χ1v) is 38.8. The van der Waals surface area contributed by atoms with Crippen LogP contribution in [0.4, 0.5) is 0 Å². The van der Waals surface area contributed by atoms with E-state index in [0.29, 0.717) is 23.9 Å². The molecule has 0 amide bonds. The number of phosphoric acid groups is 1. The van der Waals surface area contributed by atoms with E-state index in [-0.39, 0.29) is 32.0 Å². The van der Waals surface area contributed by atoms with Crippen LogP contribution in [0.15, 0.2) is 122 Å². The summed E-state index contributed by atoms with van der Waals surface area (Å²) >= 11 is 0. The molecule has 0 saturated carbocycles. The summed E-state index contributed by atoms with van der Waals surface area (Å²) in [5.74, 6) is -0.864. The molecule has 10 heteroatoms. The van der Waals surface area contributed by atoms with E-state index >= 15 is 0 Å². The third-order valence-electron chi connectivity index (χ3n) is 16.0. The van der Waals surface area contributed by atoms with Gasteiger partial charge in [-0.05, 0) is 103 Å². The average Bonchev–Trinajstić information content (AvgIpc) is 3.58. The lowest BCUT2D eigenvalue weighted by Gasteiger charge is -2.24. The van der Waals surface area contributed by atoms with Crippen LogP contribution in [0.25, 0.3) is 0 Å². The summed E-state index contributed by atoms with van der Waals surface area (Å²) in [7, 11) is 1.43. The van der Waals surface area contributed by atoms with Gasteiger partial charge < -0.3 is 18.9 Å². The molecule has 0 radical (unpaired) electrons. The molecule has 2 atom stereocenters. The summed E-state index contributed by atoms with van der Waals surface area (Å²) in [4.78, 5) is 35.9. The number of ether oxygens (including phenoxy) is 2. The van der Waals surface area contributed by atoms with E-state index in [1.54, 1.807) is 0 Å². The van der Waals surface area contributed by atoms with E-state index < -0.39 is 26.5 Å². The quantitative estimate of drug-likeness (QED) is 0.0211. The second-order valence-corrected chi connectivity index (χ2v) is 27.4. The molecule has 9 nitrogen and oxygen atoms in total. The van der Waals surface area contributed by atoms with Crippen molar-refractivity contribution in [1.82, 2.24) is 0 Å². The zero-order valence-corrected chi connectivity index (χ0v) is 60.0. The number of unbranched alkanes of at least 4 members (excludes halogenated alkanes) is 34. The monoisotopic (exact) mass is 1280 g/mol. The Morgan fingerprint density at radius 3 is 0.989 bits per heavy atom. The van der Waals surface area contributed by atoms with Gasteiger partial charge in [-0.3, -0.25) is 18.6 Å². The standard InChI is InChI=1S/C80H140NO8P/c1-6-8-10-12-14-16-18-20-22-24-26-28-30-32-34-36-37-38-39-40-41-42-43-45-46-48-50-52-54-56-58-60-62-64-66-68-70-72-79(82)86-76-78(77-88-90(84,85)87-75-74-81(3,4)5)89-80(83)73-71-69-67-65-63-61-59-57-55-53-51-49-47-44-35-33-31-29-27-25-23-21-19-17-15-13-11-9-7-2/h9,11,15,17,21,23-24,26-27,29,33,35,47,49,53,55,59,61,65,67,78H,6-8,10,12-14,16,18-20,22,25,28,30-32,34,36-46,48,50-52,54,56-58,60,62-64,66,68-77H2,1-5H3/p+1/b11-9-,17-15-,23-21-,26-24-,29-27-,35-33-,49-47-,55-53-,61-59-,67-65-. The van der Waals surface area contributed by atoms with Gasteiger partial charge in [0.15, 0.2) is 6.10 Å². The topological polar surface area (TPSA) is 108 Å². The summed E-state index contributed by atoms with van der Waals surface area (Å²) in [6.07, 6.45) is 101. The lowest BCUT2D eigenvalue weighted by molar-refractivity contribution is -0.870. The third-order valence-corrected chi connectivity index (χ3v) is 17.0. The lowest BCUT2D eigenvalue weighted by atomic mass is 10.0. The maximum atomic E-state index is 12.9. The Kier molecular flexibility index (Phi) is 67.0. The van der Waals surface area contributed by atoms with Crippen molar-refractivity contribution in [3.8, 4) is 0 Å². The molecule has 0 rings (SSSR count). The van der Waals surface area contributed by atoms with E-state index in [1.807, 2.05) is 21.1 Å². The van der Waals surface area contributed by atoms with Crippen molar-refractivity contribution in [3.63, 3.8) is 0 Å². The smallest absolute Gasteiger partial charge is 0.462 e. The number of carbonyl (C=O) groups is 2. The highest BCUT2D eigenvalue weighted by Gasteiger charge is 2.27. The summed E-state index contributed by atoms with van der Waals surface area (Å²) in [5.41, 5.74) is 0. The number of quaternary nitrogens is 1. The predicted molar refractivity (Wildman–Crippen MR) is 390 cm³/mol. The lowest BCUT2D eigenvalue weighted by Crippen LogP contribution is -2.37. The fourth-order valence-electron chi connectivity index (χ4n) is 10.3. The number of nitrogens with zero attached hydrogens (tertiary/aromatic N) is 1. The molecule has 0 fully saturated rings. The summed E-state index contributed by atoms with van der Waals surface area (Å²) < 4.78 is 34.7. The van der Waals surface area contributed by atoms with Crippen molar-refractivity contribution < 1.29 is 42.1 Å². The number of allylic oxidation sites excluding steroid dienone is 20. The molecule has 0 aliphatic rings. The fourth-order valence-corrected chi connectivity index (χ4v) is 11.1. The molecule has 0 bridgehead atoms. The van der Waals surface area contributed by atoms with E-state index in [0.717, 1.165) is 77.0 Å². The van der Waals surface area contributed by atoms with Crippen LogP contribution in [-0.4, -0.2) is 74.9 Å². The molecule has 90 heavy (non-hydrogen) atoms. The van der Waals surface area contributed by atoms with E-state index in [2.05, 4.69) is 135 Å². The van der Waals surface area contributed by atoms with Crippen molar-refractivity contribution in [2.24, 2.45) is 0 Å². The third kappa shape index (κ3) is 73.5. The van der Waals surface area contributed by atoms with Crippen LogP contribution in [-0.2, 0) is 32.7 Å². The van der Waals surface area contributed by atoms with E-state index in [9.17, 15) is 19.0 Å². The van der Waals surface area contributed by atoms with Gasteiger partial charge in [-0.15, -0.1) is 0 Å². The molecule has 0 aliphatic heterocycles. The van der Waals surface area contributed by atoms with Gasteiger partial charge in [0.2, 0.25) is 0 Å². The predicted octanol–water partition coefficient (Wildman–Crippen LogP) is 24.6. The molecule has 0 aromatic carbocycles. The molecule has 2 unspecified atom stereocenters. The highest BCUT2D eigenvalue weighted by molar-refractivity contribution is 7.47. The second kappa shape index (κ2) is 69.7. The Morgan fingerprint density at radius 1 is 0.356 bits per heavy atom. The van der Waals surface area contributed by atoms with Crippen molar-refractivity contribution in [2.45, 2.75) is 328 Å². The van der Waals surface area contributed by atoms with Gasteiger partial charge >= 0.3 is 19.8 Å². The van der Waals surface area contributed by atoms with Crippen molar-refractivity contribution >= 4 is 19.8 Å². The van der Waals surface area contributed by atoms with Crippen LogP contribution in [0.5, 0.6) is 0 Å². The Bertz CT molecular complexity index is 1940. The minimum Gasteiger partial charge on any atom is -0.462 e. The average molecular weight is 1280 g/mol. The molecule has 0 aromatic rings. The number of carbonyl (C=O) groups excluding carboxylic acids is 2. The Hall–Kier alpha value is -3.59. The maximum Gasteiger partial charge on any atom is 0.472 e. The fraction of sp³-hybridized carbons (Fsp3) is 0.725. The Balaban J connectivity index is 4.06. The number of esters is 2. The van der Waals surface area contributed by atoms with Gasteiger partial charge in [-0.2, -0.15) is 0 Å². The minimum atomic E-state index is -4.42. The zero-order chi connectivity index (χ0) is 65.5. The van der Waals surface area contributed by atoms with Gasteiger partial charge in [-0.1, -0.05) is 328 Å². The highest BCUT2D eigenvalue weighted by Crippen LogP contribution is 2.43. The molecule has 0 spiro atoms. The van der Waals surface area contributed by atoms with E-state index in [4.69, 9.17) is 18.5 Å². The molecule has 0 aromatic heterocycles. The first-order chi connectivity index (χ1) is 44.0. The number of hydrogen-bond donors (Lipinski definition) is 1. The van der Waals surface area contributed by atoms with E-state index in [1.165, 1.54) is 205 Å². The van der Waals surface area contributed by atoms with Gasteiger partial charge in [0.05, 0.1) is 27.7 Å². The number of phosphoric ester groups is 1. The SMILES string of the molecule is CC/C=C\C/C=C\C/C=C\C/C=C\C/C=C\C/C=C\C/C=C\C/C=C\C/C=C\CCCC(=O)OC(COC(=O)CCCCCCCCCCCCCCCCCCCCCCCCCCC/C=C\CCCCCCCCCC)COP(=O)(O)OCC[N+](C)(C)C.